The molecule has 1 aromatic rings. The molecule has 1 amide bonds. The van der Waals surface area contributed by atoms with Crippen molar-refractivity contribution in [3.8, 4) is 11.5 Å². The maximum absolute atomic E-state index is 13.0. The number of amides is 1. The number of ether oxygens (including phenoxy) is 2. The van der Waals surface area contributed by atoms with E-state index in [2.05, 4.69) is 79.9 Å². The number of allylic oxidation sites excluding steroid dienone is 12. The lowest BCUT2D eigenvalue weighted by Crippen LogP contribution is -2.44. The standard InChI is InChI=1S/C39H57NO6/c1-4-6-8-10-11-12-13-14-15-16-17-18-19-20-21-22-23-24-25-27-38(43)40-35(31-34-28-29-36(41)37(42)32-34)39(44)46-33(3)45-30-26-9-7-5-2/h6,8,11-12,14-15,17-18,20-21,23-24,28-29,32-33,35,41-42H,4-5,7,9-10,13,16,19,22,25-27,30-31H2,1-3H3,(H,40,43)/b8-6-,12-11-,15-14-,18-17-,21-20-,24-23-/t33?,35-/m0/s1. The van der Waals surface area contributed by atoms with Crippen molar-refractivity contribution in [1.29, 1.82) is 0 Å². The van der Waals surface area contributed by atoms with Crippen molar-refractivity contribution in [2.45, 2.75) is 117 Å². The van der Waals surface area contributed by atoms with Crippen LogP contribution >= 0.6 is 0 Å². The maximum Gasteiger partial charge on any atom is 0.331 e. The van der Waals surface area contributed by atoms with Crippen LogP contribution in [0.4, 0.5) is 0 Å². The molecule has 0 aliphatic rings. The Morgan fingerprint density at radius 3 is 1.87 bits per heavy atom. The van der Waals surface area contributed by atoms with Gasteiger partial charge in [-0.3, -0.25) is 4.79 Å². The first-order valence-corrected chi connectivity index (χ1v) is 16.9. The zero-order valence-electron chi connectivity index (χ0n) is 28.2. The molecule has 0 fully saturated rings. The first-order chi connectivity index (χ1) is 22.4. The predicted molar refractivity (Wildman–Crippen MR) is 189 cm³/mol. The molecule has 0 radical (unpaired) electrons. The van der Waals surface area contributed by atoms with Gasteiger partial charge in [0.1, 0.15) is 6.04 Å². The molecule has 1 rings (SSSR count). The number of aromatic hydroxyl groups is 2. The number of hydrogen-bond donors (Lipinski definition) is 3. The highest BCUT2D eigenvalue weighted by Crippen LogP contribution is 2.25. The van der Waals surface area contributed by atoms with Gasteiger partial charge in [0.2, 0.25) is 5.91 Å². The number of rotatable bonds is 25. The molecule has 0 aliphatic carbocycles. The molecule has 0 aliphatic heterocycles. The molecule has 0 saturated carbocycles. The number of phenolic OH excluding ortho intramolecular Hbond substituents is 2. The van der Waals surface area contributed by atoms with E-state index in [1.165, 1.54) is 12.1 Å². The van der Waals surface area contributed by atoms with Crippen LogP contribution in [0.15, 0.2) is 91.1 Å². The molecule has 1 unspecified atom stereocenters. The summed E-state index contributed by atoms with van der Waals surface area (Å²) in [5.41, 5.74) is 0.572. The van der Waals surface area contributed by atoms with E-state index in [1.54, 1.807) is 13.0 Å². The van der Waals surface area contributed by atoms with Gasteiger partial charge in [-0.2, -0.15) is 0 Å². The summed E-state index contributed by atoms with van der Waals surface area (Å²) in [6.07, 6.45) is 35.6. The zero-order valence-corrected chi connectivity index (χ0v) is 28.2. The number of carbonyl (C=O) groups excluding carboxylic acids is 2. The van der Waals surface area contributed by atoms with E-state index < -0.39 is 18.3 Å². The number of hydrogen-bond acceptors (Lipinski definition) is 6. The van der Waals surface area contributed by atoms with Gasteiger partial charge < -0.3 is 25.0 Å². The molecule has 0 aromatic heterocycles. The van der Waals surface area contributed by atoms with Crippen LogP contribution in [-0.2, 0) is 25.5 Å². The number of phenols is 2. The Hall–Kier alpha value is -3.84. The van der Waals surface area contributed by atoms with Crippen molar-refractivity contribution in [1.82, 2.24) is 5.32 Å². The molecular weight excluding hydrogens is 578 g/mol. The van der Waals surface area contributed by atoms with Crippen LogP contribution in [0.25, 0.3) is 0 Å². The van der Waals surface area contributed by atoms with Crippen LogP contribution in [-0.4, -0.2) is 41.0 Å². The molecule has 0 heterocycles. The molecule has 3 N–H and O–H groups in total. The molecule has 0 spiro atoms. The summed E-state index contributed by atoms with van der Waals surface area (Å²) in [5, 5.41) is 22.3. The Balaban J connectivity index is 2.42. The number of unbranched alkanes of at least 4 members (excludes halogenated alkanes) is 3. The summed E-state index contributed by atoms with van der Waals surface area (Å²) in [6.45, 7) is 6.42. The summed E-state index contributed by atoms with van der Waals surface area (Å²) in [6, 6.07) is 3.34. The number of esters is 1. The van der Waals surface area contributed by atoms with Crippen LogP contribution in [0.5, 0.6) is 11.5 Å². The zero-order chi connectivity index (χ0) is 33.7. The van der Waals surface area contributed by atoms with E-state index in [9.17, 15) is 19.8 Å². The summed E-state index contributed by atoms with van der Waals surface area (Å²) < 4.78 is 11.1. The minimum Gasteiger partial charge on any atom is -0.504 e. The van der Waals surface area contributed by atoms with Crippen molar-refractivity contribution in [2.75, 3.05) is 6.61 Å². The Labute approximate surface area is 277 Å². The highest BCUT2D eigenvalue weighted by molar-refractivity contribution is 5.84. The Morgan fingerprint density at radius 1 is 0.761 bits per heavy atom. The average Bonchev–Trinajstić information content (AvgIpc) is 3.03. The second-order valence-corrected chi connectivity index (χ2v) is 11.0. The Bertz CT molecular complexity index is 1150. The minimum absolute atomic E-state index is 0.0988. The highest BCUT2D eigenvalue weighted by atomic mass is 16.7. The fourth-order valence-corrected chi connectivity index (χ4v) is 4.30. The quantitative estimate of drug-likeness (QED) is 0.0325. The third-order valence-electron chi connectivity index (χ3n) is 6.87. The van der Waals surface area contributed by atoms with Crippen molar-refractivity contribution in [3.05, 3.63) is 96.7 Å². The molecule has 0 bridgehead atoms. The van der Waals surface area contributed by atoms with E-state index in [0.717, 1.165) is 64.2 Å². The molecule has 2 atom stereocenters. The Morgan fingerprint density at radius 2 is 1.33 bits per heavy atom. The van der Waals surface area contributed by atoms with Gasteiger partial charge in [0.05, 0.1) is 6.61 Å². The van der Waals surface area contributed by atoms with Crippen LogP contribution in [0.3, 0.4) is 0 Å². The minimum atomic E-state index is -0.965. The molecule has 7 heteroatoms. The van der Waals surface area contributed by atoms with Gasteiger partial charge in [0.15, 0.2) is 17.8 Å². The first-order valence-electron chi connectivity index (χ1n) is 16.9. The monoisotopic (exact) mass is 635 g/mol. The normalized spacial score (nSPS) is 13.6. The van der Waals surface area contributed by atoms with E-state index in [1.807, 2.05) is 12.2 Å². The van der Waals surface area contributed by atoms with Crippen LogP contribution in [0.2, 0.25) is 0 Å². The van der Waals surface area contributed by atoms with Gasteiger partial charge in [-0.1, -0.05) is 112 Å². The van der Waals surface area contributed by atoms with Gasteiger partial charge in [-0.25, -0.2) is 4.79 Å². The third kappa shape index (κ3) is 21.8. The lowest BCUT2D eigenvalue weighted by molar-refractivity contribution is -0.177. The molecule has 1 aromatic carbocycles. The molecule has 7 nitrogen and oxygen atoms in total. The SMILES string of the molecule is CC/C=C\C/C=C\C/C=C\C/C=C\C/C=C\C/C=C\CCC(=O)N[C@@H](Cc1ccc(O)c(O)c1)C(=O)OC(C)OCCCCCC. The van der Waals surface area contributed by atoms with Crippen molar-refractivity contribution in [3.63, 3.8) is 0 Å². The lowest BCUT2D eigenvalue weighted by atomic mass is 10.0. The smallest absolute Gasteiger partial charge is 0.331 e. The highest BCUT2D eigenvalue weighted by Gasteiger charge is 2.25. The van der Waals surface area contributed by atoms with Gasteiger partial charge in [0, 0.05) is 12.8 Å². The number of nitrogens with one attached hydrogen (secondary N) is 1. The fraction of sp³-hybridized carbons (Fsp3) is 0.487. The van der Waals surface area contributed by atoms with Crippen molar-refractivity contribution >= 4 is 11.9 Å². The first kappa shape index (κ1) is 40.2. The average molecular weight is 636 g/mol. The van der Waals surface area contributed by atoms with E-state index in [4.69, 9.17) is 9.47 Å². The second-order valence-electron chi connectivity index (χ2n) is 11.0. The van der Waals surface area contributed by atoms with Gasteiger partial charge in [-0.15, -0.1) is 0 Å². The number of carbonyl (C=O) groups is 2. The third-order valence-corrected chi connectivity index (χ3v) is 6.87. The summed E-state index contributed by atoms with van der Waals surface area (Å²) in [5.74, 6) is -1.45. The molecule has 0 saturated heterocycles. The largest absolute Gasteiger partial charge is 0.504 e. The summed E-state index contributed by atoms with van der Waals surface area (Å²) in [4.78, 5) is 25.7. The van der Waals surface area contributed by atoms with E-state index in [-0.39, 0.29) is 30.2 Å². The Kier molecular flexibility index (Phi) is 24.0. The molecule has 254 valence electrons. The topological polar surface area (TPSA) is 105 Å². The predicted octanol–water partition coefficient (Wildman–Crippen LogP) is 9.09. The van der Waals surface area contributed by atoms with E-state index in [0.29, 0.717) is 18.6 Å². The van der Waals surface area contributed by atoms with Crippen molar-refractivity contribution < 1.29 is 29.3 Å². The van der Waals surface area contributed by atoms with Crippen LogP contribution < -0.4 is 5.32 Å². The molecular formula is C39H57NO6. The summed E-state index contributed by atoms with van der Waals surface area (Å²) in [7, 11) is 0. The fourth-order valence-electron chi connectivity index (χ4n) is 4.30. The summed E-state index contributed by atoms with van der Waals surface area (Å²) >= 11 is 0. The van der Waals surface area contributed by atoms with Crippen molar-refractivity contribution in [2.24, 2.45) is 0 Å². The number of benzene rings is 1. The van der Waals surface area contributed by atoms with Gasteiger partial charge in [0.25, 0.3) is 0 Å². The van der Waals surface area contributed by atoms with Crippen LogP contribution in [0, 0.1) is 0 Å². The lowest BCUT2D eigenvalue weighted by Gasteiger charge is -2.21. The maximum atomic E-state index is 13.0. The van der Waals surface area contributed by atoms with Gasteiger partial charge >= 0.3 is 5.97 Å². The second kappa shape index (κ2) is 27.5. The van der Waals surface area contributed by atoms with Gasteiger partial charge in [-0.05, 0) is 76.0 Å². The van der Waals surface area contributed by atoms with Crippen LogP contribution in [0.1, 0.15) is 103 Å². The molecule has 46 heavy (non-hydrogen) atoms. The van der Waals surface area contributed by atoms with E-state index >= 15 is 0 Å².